The first kappa shape index (κ1) is 17.2. The van der Waals surface area contributed by atoms with Crippen LogP contribution in [0.4, 0.5) is 5.95 Å². The molecule has 6 heteroatoms. The summed E-state index contributed by atoms with van der Waals surface area (Å²) >= 11 is 0. The third-order valence-electron chi connectivity index (χ3n) is 4.37. The molecular formula is C19H25N5O. The molecule has 3 aromatic rings. The van der Waals surface area contributed by atoms with Crippen LogP contribution in [0.1, 0.15) is 32.3 Å². The second-order valence-electron chi connectivity index (χ2n) is 6.36. The van der Waals surface area contributed by atoms with Gasteiger partial charge in [-0.1, -0.05) is 38.1 Å². The van der Waals surface area contributed by atoms with Crippen LogP contribution in [0, 0.1) is 6.92 Å². The average Bonchev–Trinajstić information content (AvgIpc) is 2.92. The van der Waals surface area contributed by atoms with Crippen molar-refractivity contribution in [3.63, 3.8) is 0 Å². The number of aryl methyl sites for hydroxylation is 2. The van der Waals surface area contributed by atoms with Gasteiger partial charge in [-0.2, -0.15) is 5.10 Å². The molecule has 0 saturated heterocycles. The van der Waals surface area contributed by atoms with Gasteiger partial charge in [-0.3, -0.25) is 14.5 Å². The molecule has 6 nitrogen and oxygen atoms in total. The van der Waals surface area contributed by atoms with E-state index in [9.17, 15) is 4.79 Å². The Balaban J connectivity index is 2.24. The fourth-order valence-corrected chi connectivity index (χ4v) is 3.20. The van der Waals surface area contributed by atoms with Gasteiger partial charge < -0.3 is 4.90 Å². The van der Waals surface area contributed by atoms with Crippen LogP contribution in [0.3, 0.4) is 0 Å². The number of hydrogen-bond donors (Lipinski definition) is 1. The van der Waals surface area contributed by atoms with Crippen LogP contribution in [0.5, 0.6) is 0 Å². The largest absolute Gasteiger partial charge is 0.342 e. The van der Waals surface area contributed by atoms with Crippen molar-refractivity contribution in [2.75, 3.05) is 18.0 Å². The first-order valence-corrected chi connectivity index (χ1v) is 8.84. The Hall–Kier alpha value is -2.63. The van der Waals surface area contributed by atoms with E-state index in [4.69, 9.17) is 4.98 Å². The highest BCUT2D eigenvalue weighted by Gasteiger charge is 2.19. The number of nitrogens with zero attached hydrogens (tertiary/aromatic N) is 4. The molecule has 0 bridgehead atoms. The summed E-state index contributed by atoms with van der Waals surface area (Å²) in [5.41, 5.74) is 3.91. The highest BCUT2D eigenvalue weighted by Crippen LogP contribution is 2.28. The fourth-order valence-electron chi connectivity index (χ4n) is 3.20. The number of H-pyrrole nitrogens is 1. The molecule has 0 aliphatic heterocycles. The molecule has 25 heavy (non-hydrogen) atoms. The molecule has 2 aromatic heterocycles. The summed E-state index contributed by atoms with van der Waals surface area (Å²) in [6.45, 7) is 8.03. The predicted molar refractivity (Wildman–Crippen MR) is 102 cm³/mol. The smallest absolute Gasteiger partial charge is 0.278 e. The molecule has 0 amide bonds. The predicted octanol–water partition coefficient (Wildman–Crippen LogP) is 3.26. The minimum atomic E-state index is -0.146. The van der Waals surface area contributed by atoms with E-state index in [2.05, 4.69) is 28.8 Å². The van der Waals surface area contributed by atoms with Crippen molar-refractivity contribution in [2.24, 2.45) is 7.05 Å². The van der Waals surface area contributed by atoms with Crippen LogP contribution in [0.2, 0.25) is 0 Å². The molecule has 0 aliphatic rings. The van der Waals surface area contributed by atoms with Gasteiger partial charge in [-0.15, -0.1) is 0 Å². The summed E-state index contributed by atoms with van der Waals surface area (Å²) in [6, 6.07) is 8.05. The monoisotopic (exact) mass is 339 g/mol. The molecule has 0 aliphatic carbocycles. The minimum Gasteiger partial charge on any atom is -0.342 e. The molecule has 0 fully saturated rings. The zero-order chi connectivity index (χ0) is 18.0. The van der Waals surface area contributed by atoms with Crippen LogP contribution < -0.4 is 10.5 Å². The Morgan fingerprint density at radius 1 is 1.16 bits per heavy atom. The molecule has 0 atom stereocenters. The van der Waals surface area contributed by atoms with E-state index in [0.717, 1.165) is 42.8 Å². The van der Waals surface area contributed by atoms with Gasteiger partial charge in [-0.25, -0.2) is 4.98 Å². The summed E-state index contributed by atoms with van der Waals surface area (Å²) in [5, 5.41) is 4.59. The molecule has 0 saturated carbocycles. The molecule has 0 unspecified atom stereocenters. The van der Waals surface area contributed by atoms with Gasteiger partial charge in [0, 0.05) is 25.7 Å². The summed E-state index contributed by atoms with van der Waals surface area (Å²) < 4.78 is 1.62. The lowest BCUT2D eigenvalue weighted by Crippen LogP contribution is -2.29. The van der Waals surface area contributed by atoms with E-state index in [-0.39, 0.29) is 5.56 Å². The average molecular weight is 339 g/mol. The zero-order valence-electron chi connectivity index (χ0n) is 15.3. The Bertz CT molecular complexity index is 935. The van der Waals surface area contributed by atoms with Crippen LogP contribution in [0.25, 0.3) is 22.3 Å². The third kappa shape index (κ3) is 3.16. The number of anilines is 1. The molecule has 1 aromatic carbocycles. The number of benzene rings is 1. The van der Waals surface area contributed by atoms with Gasteiger partial charge in [0.05, 0.1) is 0 Å². The number of aromatic nitrogens is 4. The zero-order valence-corrected chi connectivity index (χ0v) is 15.3. The van der Waals surface area contributed by atoms with Crippen molar-refractivity contribution in [2.45, 2.75) is 33.6 Å². The number of rotatable bonds is 6. The van der Waals surface area contributed by atoms with Crippen LogP contribution in [0.15, 0.2) is 29.1 Å². The van der Waals surface area contributed by atoms with Crippen molar-refractivity contribution < 1.29 is 0 Å². The maximum atomic E-state index is 12.7. The van der Waals surface area contributed by atoms with Crippen molar-refractivity contribution in [1.29, 1.82) is 0 Å². The van der Waals surface area contributed by atoms with Gasteiger partial charge in [0.1, 0.15) is 11.2 Å². The second-order valence-corrected chi connectivity index (χ2v) is 6.36. The Kier molecular flexibility index (Phi) is 4.88. The normalized spacial score (nSPS) is 11.2. The summed E-state index contributed by atoms with van der Waals surface area (Å²) in [6.07, 6.45) is 2.00. The van der Waals surface area contributed by atoms with Gasteiger partial charge in [0.25, 0.3) is 5.56 Å². The molecule has 2 heterocycles. The Morgan fingerprint density at radius 2 is 1.84 bits per heavy atom. The Morgan fingerprint density at radius 3 is 2.48 bits per heavy atom. The van der Waals surface area contributed by atoms with Crippen molar-refractivity contribution in [3.8, 4) is 11.3 Å². The van der Waals surface area contributed by atoms with Crippen LogP contribution in [-0.2, 0) is 7.05 Å². The lowest BCUT2D eigenvalue weighted by atomic mass is 10.1. The molecule has 3 rings (SSSR count). The van der Waals surface area contributed by atoms with E-state index < -0.39 is 0 Å². The van der Waals surface area contributed by atoms with E-state index in [0.29, 0.717) is 17.0 Å². The minimum absolute atomic E-state index is 0.146. The highest BCUT2D eigenvalue weighted by atomic mass is 16.1. The van der Waals surface area contributed by atoms with Crippen molar-refractivity contribution in [1.82, 2.24) is 19.7 Å². The maximum Gasteiger partial charge on any atom is 0.278 e. The number of hydrogen-bond acceptors (Lipinski definition) is 4. The summed E-state index contributed by atoms with van der Waals surface area (Å²) in [5.74, 6) is 0.629. The summed E-state index contributed by atoms with van der Waals surface area (Å²) in [4.78, 5) is 22.6. The number of fused-ring (bicyclic) bond motifs is 1. The fraction of sp³-hybridized carbons (Fsp3) is 0.421. The van der Waals surface area contributed by atoms with E-state index in [1.54, 1.807) is 11.7 Å². The quantitative estimate of drug-likeness (QED) is 0.748. The molecule has 1 N–H and O–H groups in total. The van der Waals surface area contributed by atoms with Gasteiger partial charge in [-0.05, 0) is 25.3 Å². The molecule has 0 radical (unpaired) electrons. The van der Waals surface area contributed by atoms with E-state index in [1.165, 1.54) is 0 Å². The number of nitrogens with one attached hydrogen (secondary N) is 1. The lowest BCUT2D eigenvalue weighted by molar-refractivity contribution is 0.721. The Labute approximate surface area is 147 Å². The van der Waals surface area contributed by atoms with Crippen LogP contribution >= 0.6 is 0 Å². The maximum absolute atomic E-state index is 12.7. The summed E-state index contributed by atoms with van der Waals surface area (Å²) in [7, 11) is 1.79. The SMILES string of the molecule is CCCN(CCC)c1nc2c(-c3ccccc3C)nn(C)c2c(=O)[nH]1. The van der Waals surface area contributed by atoms with Crippen LogP contribution in [-0.4, -0.2) is 32.8 Å². The first-order valence-electron chi connectivity index (χ1n) is 8.84. The standard InChI is InChI=1S/C19H25N5O/c1-5-11-24(12-6-2)19-20-16-15(14-10-8-7-9-13(14)3)22-23(4)17(16)18(25)21-19/h7-10H,5-6,11-12H2,1-4H3,(H,20,21,25). The first-order chi connectivity index (χ1) is 12.1. The van der Waals surface area contributed by atoms with Crippen molar-refractivity contribution >= 4 is 17.0 Å². The lowest BCUT2D eigenvalue weighted by Gasteiger charge is -2.21. The van der Waals surface area contributed by atoms with Gasteiger partial charge in [0.2, 0.25) is 5.95 Å². The van der Waals surface area contributed by atoms with E-state index >= 15 is 0 Å². The molecular weight excluding hydrogens is 314 g/mol. The highest BCUT2D eigenvalue weighted by molar-refractivity contribution is 5.91. The number of aromatic amines is 1. The van der Waals surface area contributed by atoms with Gasteiger partial charge >= 0.3 is 0 Å². The van der Waals surface area contributed by atoms with Gasteiger partial charge in [0.15, 0.2) is 5.52 Å². The van der Waals surface area contributed by atoms with E-state index in [1.807, 2.05) is 31.2 Å². The molecule has 132 valence electrons. The molecule has 0 spiro atoms. The van der Waals surface area contributed by atoms with Crippen molar-refractivity contribution in [3.05, 3.63) is 40.2 Å². The second kappa shape index (κ2) is 7.09. The topological polar surface area (TPSA) is 66.8 Å². The third-order valence-corrected chi connectivity index (χ3v) is 4.37.